The number of nitrogens with zero attached hydrogens (tertiary/aromatic N) is 3. The van der Waals surface area contributed by atoms with E-state index in [2.05, 4.69) is 82.5 Å². The monoisotopic (exact) mass is 591 g/mol. The van der Waals surface area contributed by atoms with Crippen molar-refractivity contribution in [2.75, 3.05) is 31.0 Å². The van der Waals surface area contributed by atoms with Crippen molar-refractivity contribution in [3.05, 3.63) is 114 Å². The van der Waals surface area contributed by atoms with Crippen LogP contribution >= 0.6 is 12.2 Å². The van der Waals surface area contributed by atoms with Crippen molar-refractivity contribution in [2.24, 2.45) is 0 Å². The number of hydrogen-bond donors (Lipinski definition) is 2. The van der Waals surface area contributed by atoms with E-state index in [4.69, 9.17) is 26.7 Å². The average Bonchev–Trinajstić information content (AvgIpc) is 3.51. The largest absolute Gasteiger partial charge is 0.495 e. The zero-order chi connectivity index (χ0) is 30.1. The van der Waals surface area contributed by atoms with E-state index >= 15 is 0 Å². The molecule has 1 saturated heterocycles. The Kier molecular flexibility index (Phi) is 7.84. The highest BCUT2D eigenvalue weighted by Gasteiger charge is 2.42. The molecule has 1 aliphatic heterocycles. The molecule has 8 nitrogen and oxygen atoms in total. The van der Waals surface area contributed by atoms with Gasteiger partial charge in [-0.2, -0.15) is 0 Å². The standard InChI is InChI=1S/C34H33N5O3S/c1-21-18-26(22(2)38(21)29-14-9-11-23-10-5-6-12-25(23)29)33-32(27-13-7-8-17-35-27)37-34(43)39(33)24-15-16-30(42-4)28(19-24)36-31(40)20-41-3/h5-19,32-33H,20H2,1-4H3,(H,36,40)(H,37,43)/t32-,33-/m1/s1. The minimum absolute atomic E-state index is 0.0679. The Morgan fingerprint density at radius 2 is 1.79 bits per heavy atom. The fourth-order valence-electron chi connectivity index (χ4n) is 6.07. The number of amides is 1. The molecule has 0 spiro atoms. The van der Waals surface area contributed by atoms with Gasteiger partial charge in [-0.05, 0) is 79.5 Å². The number of benzene rings is 3. The van der Waals surface area contributed by atoms with Gasteiger partial charge in [-0.15, -0.1) is 0 Å². The summed E-state index contributed by atoms with van der Waals surface area (Å²) in [5, 5.41) is 9.39. The van der Waals surface area contributed by atoms with Crippen molar-refractivity contribution >= 4 is 45.4 Å². The summed E-state index contributed by atoms with van der Waals surface area (Å²) in [5.41, 5.74) is 6.70. The summed E-state index contributed by atoms with van der Waals surface area (Å²) >= 11 is 5.99. The van der Waals surface area contributed by atoms with Crippen LogP contribution in [0.3, 0.4) is 0 Å². The van der Waals surface area contributed by atoms with Crippen LogP contribution in [0.15, 0.2) is 91.1 Å². The number of pyridine rings is 1. The molecule has 2 aromatic heterocycles. The molecule has 43 heavy (non-hydrogen) atoms. The maximum Gasteiger partial charge on any atom is 0.250 e. The Hall–Kier alpha value is -4.73. The van der Waals surface area contributed by atoms with Crippen LogP contribution in [-0.2, 0) is 9.53 Å². The topological polar surface area (TPSA) is 80.7 Å². The number of ether oxygens (including phenoxy) is 2. The normalized spacial score (nSPS) is 16.4. The number of thiocarbonyl (C=S) groups is 1. The van der Waals surface area contributed by atoms with E-state index in [1.54, 1.807) is 13.3 Å². The molecular formula is C34H33N5O3S. The van der Waals surface area contributed by atoms with Crippen LogP contribution in [-0.4, -0.2) is 41.4 Å². The predicted molar refractivity (Wildman–Crippen MR) is 174 cm³/mol. The fraction of sp³-hybridized carbons (Fsp3) is 0.206. The molecule has 0 aliphatic carbocycles. The molecule has 2 N–H and O–H groups in total. The number of hydrogen-bond acceptors (Lipinski definition) is 5. The average molecular weight is 592 g/mol. The molecule has 2 atom stereocenters. The third kappa shape index (κ3) is 5.22. The molecule has 3 aromatic carbocycles. The van der Waals surface area contributed by atoms with Gasteiger partial charge in [0.2, 0.25) is 5.91 Å². The fourth-order valence-corrected chi connectivity index (χ4v) is 6.42. The van der Waals surface area contributed by atoms with Gasteiger partial charge in [-0.1, -0.05) is 42.5 Å². The molecule has 1 amide bonds. The molecule has 3 heterocycles. The second-order valence-electron chi connectivity index (χ2n) is 10.5. The van der Waals surface area contributed by atoms with Gasteiger partial charge in [0.05, 0.1) is 36.3 Å². The SMILES string of the molecule is COCC(=O)Nc1cc(N2C(=S)N[C@H](c3ccccn3)[C@H]2c2cc(C)n(-c3cccc4ccccc34)c2C)ccc1OC. The number of fused-ring (bicyclic) bond motifs is 1. The maximum absolute atomic E-state index is 12.5. The second-order valence-corrected chi connectivity index (χ2v) is 10.9. The van der Waals surface area contributed by atoms with Gasteiger partial charge in [0, 0.05) is 35.8 Å². The van der Waals surface area contributed by atoms with E-state index in [9.17, 15) is 4.79 Å². The van der Waals surface area contributed by atoms with Crippen molar-refractivity contribution in [1.29, 1.82) is 0 Å². The van der Waals surface area contributed by atoms with E-state index < -0.39 is 0 Å². The zero-order valence-electron chi connectivity index (χ0n) is 24.5. The van der Waals surface area contributed by atoms with Crippen LogP contribution in [0, 0.1) is 13.8 Å². The van der Waals surface area contributed by atoms with Crippen molar-refractivity contribution < 1.29 is 14.3 Å². The van der Waals surface area contributed by atoms with Gasteiger partial charge in [0.15, 0.2) is 5.11 Å². The van der Waals surface area contributed by atoms with Crippen LogP contribution in [0.1, 0.15) is 34.7 Å². The minimum Gasteiger partial charge on any atom is -0.495 e. The van der Waals surface area contributed by atoms with Crippen LogP contribution in [0.5, 0.6) is 5.75 Å². The molecular weight excluding hydrogens is 558 g/mol. The molecule has 0 radical (unpaired) electrons. The molecule has 1 aliphatic rings. The first-order valence-electron chi connectivity index (χ1n) is 14.1. The lowest BCUT2D eigenvalue weighted by Crippen LogP contribution is -2.29. The Bertz CT molecular complexity index is 1810. The van der Waals surface area contributed by atoms with Crippen LogP contribution in [0.4, 0.5) is 11.4 Å². The first-order chi connectivity index (χ1) is 20.9. The lowest BCUT2D eigenvalue weighted by atomic mass is 9.96. The molecule has 1 fully saturated rings. The summed E-state index contributed by atoms with van der Waals surface area (Å²) in [6.07, 6.45) is 1.80. The van der Waals surface area contributed by atoms with Crippen LogP contribution < -0.4 is 20.3 Å². The summed E-state index contributed by atoms with van der Waals surface area (Å²) in [5.74, 6) is 0.264. The zero-order valence-corrected chi connectivity index (χ0v) is 25.3. The molecule has 218 valence electrons. The lowest BCUT2D eigenvalue weighted by molar-refractivity contribution is -0.119. The van der Waals surface area contributed by atoms with Crippen molar-refractivity contribution in [1.82, 2.24) is 14.9 Å². The summed E-state index contributed by atoms with van der Waals surface area (Å²) < 4.78 is 12.9. The summed E-state index contributed by atoms with van der Waals surface area (Å²) in [6, 6.07) is 28.2. The maximum atomic E-state index is 12.5. The van der Waals surface area contributed by atoms with Gasteiger partial charge >= 0.3 is 0 Å². The highest BCUT2D eigenvalue weighted by Crippen LogP contribution is 2.45. The smallest absolute Gasteiger partial charge is 0.250 e. The van der Waals surface area contributed by atoms with Crippen molar-refractivity contribution in [3.63, 3.8) is 0 Å². The summed E-state index contributed by atoms with van der Waals surface area (Å²) in [7, 11) is 3.06. The molecule has 0 unspecified atom stereocenters. The molecule has 5 aromatic rings. The molecule has 0 bridgehead atoms. The van der Waals surface area contributed by atoms with Gasteiger partial charge in [0.25, 0.3) is 0 Å². The molecule has 0 saturated carbocycles. The number of carbonyl (C=O) groups is 1. The third-order valence-corrected chi connectivity index (χ3v) is 8.22. The van der Waals surface area contributed by atoms with Gasteiger partial charge in [-0.3, -0.25) is 9.78 Å². The number of methoxy groups -OCH3 is 2. The third-order valence-electron chi connectivity index (χ3n) is 7.91. The van der Waals surface area contributed by atoms with Gasteiger partial charge in [0.1, 0.15) is 12.4 Å². The summed E-state index contributed by atoms with van der Waals surface area (Å²) in [6.45, 7) is 4.22. The van der Waals surface area contributed by atoms with E-state index in [0.717, 1.165) is 34.0 Å². The van der Waals surface area contributed by atoms with Crippen LogP contribution in [0.2, 0.25) is 0 Å². The Balaban J connectivity index is 1.51. The van der Waals surface area contributed by atoms with Gasteiger partial charge < -0.3 is 29.6 Å². The Morgan fingerprint density at radius 3 is 2.56 bits per heavy atom. The van der Waals surface area contributed by atoms with E-state index in [0.29, 0.717) is 16.5 Å². The predicted octanol–water partition coefficient (Wildman–Crippen LogP) is 6.41. The Labute approximate surface area is 256 Å². The van der Waals surface area contributed by atoms with E-state index in [1.165, 1.54) is 17.9 Å². The summed E-state index contributed by atoms with van der Waals surface area (Å²) in [4.78, 5) is 19.3. The number of aromatic nitrogens is 2. The molecule has 9 heteroatoms. The number of aryl methyl sites for hydroxylation is 1. The first-order valence-corrected chi connectivity index (χ1v) is 14.5. The highest BCUT2D eigenvalue weighted by molar-refractivity contribution is 7.80. The Morgan fingerprint density at radius 1 is 1.00 bits per heavy atom. The van der Waals surface area contributed by atoms with Gasteiger partial charge in [-0.25, -0.2) is 0 Å². The second kappa shape index (κ2) is 11.9. The van der Waals surface area contributed by atoms with Crippen molar-refractivity contribution in [3.8, 4) is 11.4 Å². The highest BCUT2D eigenvalue weighted by atomic mass is 32.1. The van der Waals surface area contributed by atoms with E-state index in [1.807, 2.05) is 36.4 Å². The van der Waals surface area contributed by atoms with Crippen molar-refractivity contribution in [2.45, 2.75) is 25.9 Å². The number of anilines is 2. The quantitative estimate of drug-likeness (QED) is 0.202. The number of rotatable bonds is 8. The minimum atomic E-state index is -0.276. The molecule has 6 rings (SSSR count). The number of carbonyl (C=O) groups excluding carboxylic acids is 1. The lowest BCUT2D eigenvalue weighted by Gasteiger charge is -2.29. The van der Waals surface area contributed by atoms with Crippen LogP contribution in [0.25, 0.3) is 16.5 Å². The first kappa shape index (κ1) is 28.4. The van der Waals surface area contributed by atoms with E-state index in [-0.39, 0.29) is 24.6 Å². The number of nitrogens with one attached hydrogen (secondary N) is 2.